The third kappa shape index (κ3) is 4.67. The van der Waals surface area contributed by atoms with Gasteiger partial charge in [-0.15, -0.1) is 11.3 Å². The van der Waals surface area contributed by atoms with Crippen LogP contribution in [-0.2, 0) is 11.2 Å². The van der Waals surface area contributed by atoms with E-state index in [0.717, 1.165) is 41.9 Å². The molecular formula is C26H29ClN2OS. The highest BCUT2D eigenvalue weighted by molar-refractivity contribution is 7.17. The van der Waals surface area contributed by atoms with Gasteiger partial charge in [-0.1, -0.05) is 41.9 Å². The summed E-state index contributed by atoms with van der Waals surface area (Å²) in [6, 6.07) is 17.1. The second kappa shape index (κ2) is 9.32. The summed E-state index contributed by atoms with van der Waals surface area (Å²) in [5, 5.41) is 3.99. The van der Waals surface area contributed by atoms with Gasteiger partial charge in [-0.05, 0) is 84.8 Å². The number of nitrogens with zero attached hydrogens (tertiary/aromatic N) is 2. The van der Waals surface area contributed by atoms with Gasteiger partial charge < -0.3 is 9.80 Å². The van der Waals surface area contributed by atoms with Gasteiger partial charge in [0.05, 0.1) is 6.42 Å². The Morgan fingerprint density at radius 2 is 1.87 bits per heavy atom. The minimum absolute atomic E-state index is 0.260. The Morgan fingerprint density at radius 3 is 2.68 bits per heavy atom. The van der Waals surface area contributed by atoms with Crippen LogP contribution in [0.5, 0.6) is 0 Å². The molecule has 0 saturated carbocycles. The van der Waals surface area contributed by atoms with E-state index >= 15 is 0 Å². The molecule has 2 aliphatic heterocycles. The first-order chi connectivity index (χ1) is 15.2. The van der Waals surface area contributed by atoms with Gasteiger partial charge in [-0.25, -0.2) is 0 Å². The molecule has 2 aliphatic rings. The van der Waals surface area contributed by atoms with Crippen molar-refractivity contribution in [3.8, 4) is 0 Å². The maximum atomic E-state index is 13.5. The van der Waals surface area contributed by atoms with Crippen LogP contribution in [0.15, 0.2) is 53.9 Å². The van der Waals surface area contributed by atoms with Crippen LogP contribution in [0.25, 0.3) is 10.1 Å². The molecule has 3 aromatic rings. The molecule has 31 heavy (non-hydrogen) atoms. The van der Waals surface area contributed by atoms with Crippen molar-refractivity contribution < 1.29 is 4.79 Å². The van der Waals surface area contributed by atoms with Gasteiger partial charge in [0.25, 0.3) is 0 Å². The maximum absolute atomic E-state index is 13.5. The molecule has 0 bridgehead atoms. The van der Waals surface area contributed by atoms with Gasteiger partial charge >= 0.3 is 0 Å². The van der Waals surface area contributed by atoms with Crippen LogP contribution >= 0.6 is 22.9 Å². The molecule has 2 atom stereocenters. The van der Waals surface area contributed by atoms with Crippen LogP contribution in [0.2, 0.25) is 5.02 Å². The molecule has 5 heteroatoms. The Bertz CT molecular complexity index is 1040. The second-order valence-electron chi connectivity index (χ2n) is 8.96. The molecule has 0 aliphatic carbocycles. The highest BCUT2D eigenvalue weighted by Crippen LogP contribution is 2.34. The first-order valence-electron chi connectivity index (χ1n) is 11.4. The SMILES string of the molecule is O=C(Cc1csc2ccc(Cl)cc12)N1CC[C@H](c2ccccc2)C[C@@H]1CN1CCCC1. The molecule has 1 aromatic heterocycles. The summed E-state index contributed by atoms with van der Waals surface area (Å²) < 4.78 is 1.20. The van der Waals surface area contributed by atoms with Crippen LogP contribution < -0.4 is 0 Å². The Labute approximate surface area is 193 Å². The van der Waals surface area contributed by atoms with Crippen molar-refractivity contribution in [3.05, 3.63) is 70.1 Å². The number of carbonyl (C=O) groups is 1. The number of piperidine rings is 1. The molecule has 3 nitrogen and oxygen atoms in total. The fourth-order valence-electron chi connectivity index (χ4n) is 5.30. The number of halogens is 1. The molecule has 2 fully saturated rings. The van der Waals surface area contributed by atoms with Crippen molar-refractivity contribution in [1.29, 1.82) is 0 Å². The highest BCUT2D eigenvalue weighted by atomic mass is 35.5. The minimum atomic E-state index is 0.260. The van der Waals surface area contributed by atoms with Crippen LogP contribution in [0.1, 0.15) is 42.7 Å². The van der Waals surface area contributed by atoms with Gasteiger partial charge in [0.15, 0.2) is 0 Å². The van der Waals surface area contributed by atoms with Crippen molar-refractivity contribution in [1.82, 2.24) is 9.80 Å². The molecule has 3 heterocycles. The third-order valence-corrected chi connectivity index (χ3v) is 8.18. The molecular weight excluding hydrogens is 424 g/mol. The van der Waals surface area contributed by atoms with Crippen LogP contribution in [0, 0.1) is 0 Å². The number of amides is 1. The van der Waals surface area contributed by atoms with E-state index in [1.807, 2.05) is 12.1 Å². The van der Waals surface area contributed by atoms with E-state index in [2.05, 4.69) is 51.6 Å². The topological polar surface area (TPSA) is 23.6 Å². The summed E-state index contributed by atoms with van der Waals surface area (Å²) in [4.78, 5) is 18.2. The molecule has 162 valence electrons. The van der Waals surface area contributed by atoms with Crippen molar-refractivity contribution in [2.24, 2.45) is 0 Å². The standard InChI is InChI=1S/C26H29ClN2OS/c27-22-8-9-25-24(16-22)21(18-31-25)15-26(30)29-13-10-20(19-6-2-1-3-7-19)14-23(29)17-28-11-4-5-12-28/h1-3,6-9,16,18,20,23H,4-5,10-15,17H2/t20-,23+/m0/s1. The summed E-state index contributed by atoms with van der Waals surface area (Å²) in [6.45, 7) is 4.19. The third-order valence-electron chi connectivity index (χ3n) is 6.93. The van der Waals surface area contributed by atoms with Crippen molar-refractivity contribution in [2.45, 2.75) is 44.1 Å². The molecule has 0 spiro atoms. The first kappa shape index (κ1) is 21.0. The van der Waals surface area contributed by atoms with Crippen LogP contribution in [0.3, 0.4) is 0 Å². The normalized spacial score (nSPS) is 22.3. The molecule has 5 rings (SSSR count). The summed E-state index contributed by atoms with van der Waals surface area (Å²) in [5.74, 6) is 0.800. The number of benzene rings is 2. The zero-order valence-electron chi connectivity index (χ0n) is 17.8. The molecule has 2 aromatic carbocycles. The molecule has 0 unspecified atom stereocenters. The van der Waals surface area contributed by atoms with Crippen molar-refractivity contribution in [2.75, 3.05) is 26.2 Å². The zero-order valence-corrected chi connectivity index (χ0v) is 19.4. The van der Waals surface area contributed by atoms with Crippen molar-refractivity contribution in [3.63, 3.8) is 0 Å². The largest absolute Gasteiger partial charge is 0.338 e. The molecule has 2 saturated heterocycles. The van der Waals surface area contributed by atoms with Gasteiger partial charge in [0, 0.05) is 28.9 Å². The summed E-state index contributed by atoms with van der Waals surface area (Å²) in [6.07, 6.45) is 5.13. The van der Waals surface area contributed by atoms with Crippen LogP contribution in [0.4, 0.5) is 0 Å². The number of carbonyl (C=O) groups excluding carboxylic acids is 1. The lowest BCUT2D eigenvalue weighted by Gasteiger charge is -2.41. The molecule has 0 N–H and O–H groups in total. The lowest BCUT2D eigenvalue weighted by atomic mass is 9.84. The number of hydrogen-bond acceptors (Lipinski definition) is 3. The van der Waals surface area contributed by atoms with E-state index in [9.17, 15) is 4.79 Å². The summed E-state index contributed by atoms with van der Waals surface area (Å²) >= 11 is 7.93. The van der Waals surface area contributed by atoms with Crippen molar-refractivity contribution >= 4 is 38.9 Å². The fourth-order valence-corrected chi connectivity index (χ4v) is 6.41. The Morgan fingerprint density at radius 1 is 1.06 bits per heavy atom. The predicted molar refractivity (Wildman–Crippen MR) is 130 cm³/mol. The lowest BCUT2D eigenvalue weighted by Crippen LogP contribution is -2.51. The minimum Gasteiger partial charge on any atom is -0.338 e. The quantitative estimate of drug-likeness (QED) is 0.476. The summed E-state index contributed by atoms with van der Waals surface area (Å²) in [7, 11) is 0. The lowest BCUT2D eigenvalue weighted by molar-refractivity contribution is -0.134. The van der Waals surface area contributed by atoms with E-state index in [0.29, 0.717) is 12.3 Å². The smallest absolute Gasteiger partial charge is 0.227 e. The average molecular weight is 453 g/mol. The van der Waals surface area contributed by atoms with Gasteiger partial charge in [-0.3, -0.25) is 4.79 Å². The number of rotatable bonds is 5. The maximum Gasteiger partial charge on any atom is 0.227 e. The Kier molecular flexibility index (Phi) is 6.31. The van der Waals surface area contributed by atoms with Crippen LogP contribution in [-0.4, -0.2) is 47.9 Å². The number of hydrogen-bond donors (Lipinski definition) is 0. The molecule has 0 radical (unpaired) electrons. The summed E-state index contributed by atoms with van der Waals surface area (Å²) in [5.41, 5.74) is 2.53. The van der Waals surface area contributed by atoms with E-state index in [-0.39, 0.29) is 11.9 Å². The Balaban J connectivity index is 1.35. The Hall–Kier alpha value is -1.88. The first-order valence-corrected chi connectivity index (χ1v) is 12.7. The number of likely N-dealkylation sites (tertiary alicyclic amines) is 2. The van der Waals surface area contributed by atoms with Gasteiger partial charge in [0.1, 0.15) is 0 Å². The van der Waals surface area contributed by atoms with E-state index < -0.39 is 0 Å². The second-order valence-corrected chi connectivity index (χ2v) is 10.3. The number of fused-ring (bicyclic) bond motifs is 1. The fraction of sp³-hybridized carbons (Fsp3) is 0.423. The van der Waals surface area contributed by atoms with Gasteiger partial charge in [-0.2, -0.15) is 0 Å². The van der Waals surface area contributed by atoms with E-state index in [4.69, 9.17) is 11.6 Å². The van der Waals surface area contributed by atoms with E-state index in [1.54, 1.807) is 11.3 Å². The molecule has 1 amide bonds. The predicted octanol–water partition coefficient (Wildman–Crippen LogP) is 5.97. The van der Waals surface area contributed by atoms with E-state index in [1.165, 1.54) is 36.2 Å². The number of thiophene rings is 1. The zero-order chi connectivity index (χ0) is 21.2. The monoisotopic (exact) mass is 452 g/mol. The average Bonchev–Trinajstić information content (AvgIpc) is 3.44. The van der Waals surface area contributed by atoms with Gasteiger partial charge in [0.2, 0.25) is 5.91 Å². The highest BCUT2D eigenvalue weighted by Gasteiger charge is 2.34.